The Morgan fingerprint density at radius 3 is 2.38 bits per heavy atom. The van der Waals surface area contributed by atoms with Gasteiger partial charge in [0.25, 0.3) is 0 Å². The van der Waals surface area contributed by atoms with Gasteiger partial charge in [-0.15, -0.1) is 0 Å². The van der Waals surface area contributed by atoms with Gasteiger partial charge in [0.2, 0.25) is 0 Å². The highest BCUT2D eigenvalue weighted by Gasteiger charge is 2.44. The van der Waals surface area contributed by atoms with Crippen LogP contribution in [0.5, 0.6) is 0 Å². The molecule has 0 saturated heterocycles. The third kappa shape index (κ3) is 3.19. The van der Waals surface area contributed by atoms with Gasteiger partial charge in [-0.2, -0.15) is 0 Å². The van der Waals surface area contributed by atoms with E-state index in [0.717, 1.165) is 5.57 Å². The van der Waals surface area contributed by atoms with E-state index in [-0.39, 0.29) is 28.8 Å². The Balaban J connectivity index is 2.21. The molecule has 0 aliphatic heterocycles. The van der Waals surface area contributed by atoms with E-state index >= 15 is 0 Å². The molecule has 0 fully saturated rings. The Morgan fingerprint density at radius 1 is 1.14 bits per heavy atom. The van der Waals surface area contributed by atoms with Crippen LogP contribution in [0.3, 0.4) is 0 Å². The van der Waals surface area contributed by atoms with Crippen molar-refractivity contribution in [1.82, 2.24) is 0 Å². The highest BCUT2D eigenvalue weighted by Crippen LogP contribution is 2.41. The molecule has 2 rings (SSSR count). The Kier molecular flexibility index (Phi) is 4.27. The molecule has 0 aromatic carbocycles. The molecule has 0 bridgehead atoms. The molecule has 2 aliphatic rings. The van der Waals surface area contributed by atoms with Crippen molar-refractivity contribution in [2.75, 3.05) is 0 Å². The second-order valence-electron chi connectivity index (χ2n) is 7.47. The Hall–Kier alpha value is -1.19. The van der Waals surface area contributed by atoms with Crippen LogP contribution in [0.4, 0.5) is 0 Å². The van der Waals surface area contributed by atoms with Crippen LogP contribution in [0.25, 0.3) is 0 Å². The van der Waals surface area contributed by atoms with Gasteiger partial charge in [0.15, 0.2) is 14.1 Å². The van der Waals surface area contributed by atoms with E-state index in [1.54, 1.807) is 6.08 Å². The van der Waals surface area contributed by atoms with Crippen molar-refractivity contribution in [3.8, 4) is 0 Å². The van der Waals surface area contributed by atoms with E-state index in [2.05, 4.69) is 46.5 Å². The summed E-state index contributed by atoms with van der Waals surface area (Å²) in [7, 11) is -1.90. The first kappa shape index (κ1) is 16.2. The van der Waals surface area contributed by atoms with Crippen LogP contribution in [0.2, 0.25) is 18.1 Å². The van der Waals surface area contributed by atoms with E-state index in [1.165, 1.54) is 0 Å². The number of carbonyl (C=O) groups excluding carboxylic acids is 1. The maximum absolute atomic E-state index is 12.3. The summed E-state index contributed by atoms with van der Waals surface area (Å²) in [4.78, 5) is 12.3. The smallest absolute Gasteiger partial charge is 0.192 e. The average Bonchev–Trinajstić information content (AvgIpc) is 2.69. The standard InChI is InChI=1S/C18H26O2Si/c1-13-9-7-8-10-14(13)17-15(19)11-12-16(17)20-21(5,6)18(2,3)4/h7-12,14,16-17H,1H2,2-6H3. The van der Waals surface area contributed by atoms with Crippen molar-refractivity contribution in [2.24, 2.45) is 11.8 Å². The highest BCUT2D eigenvalue weighted by molar-refractivity contribution is 6.74. The van der Waals surface area contributed by atoms with Crippen molar-refractivity contribution >= 4 is 14.1 Å². The van der Waals surface area contributed by atoms with E-state index in [0.29, 0.717) is 0 Å². The van der Waals surface area contributed by atoms with E-state index in [9.17, 15) is 4.79 Å². The molecule has 3 heteroatoms. The van der Waals surface area contributed by atoms with E-state index in [4.69, 9.17) is 4.43 Å². The third-order valence-corrected chi connectivity index (χ3v) is 9.40. The lowest BCUT2D eigenvalue weighted by Gasteiger charge is -2.40. The molecular weight excluding hydrogens is 276 g/mol. The molecular formula is C18H26O2Si. The summed E-state index contributed by atoms with van der Waals surface area (Å²) >= 11 is 0. The summed E-state index contributed by atoms with van der Waals surface area (Å²) in [6, 6.07) is 0. The average molecular weight is 302 g/mol. The van der Waals surface area contributed by atoms with Gasteiger partial charge in [-0.1, -0.05) is 57.7 Å². The fourth-order valence-corrected chi connectivity index (χ4v) is 3.80. The van der Waals surface area contributed by atoms with E-state index < -0.39 is 8.32 Å². The van der Waals surface area contributed by atoms with Crippen molar-refractivity contribution in [1.29, 1.82) is 0 Å². The maximum atomic E-state index is 12.3. The molecule has 3 unspecified atom stereocenters. The molecule has 0 spiro atoms. The Morgan fingerprint density at radius 2 is 1.81 bits per heavy atom. The largest absolute Gasteiger partial charge is 0.410 e. The lowest BCUT2D eigenvalue weighted by Crippen LogP contribution is -2.46. The molecule has 21 heavy (non-hydrogen) atoms. The normalized spacial score (nSPS) is 29.5. The minimum atomic E-state index is -1.90. The number of rotatable bonds is 3. The van der Waals surface area contributed by atoms with Gasteiger partial charge in [-0.25, -0.2) is 0 Å². The molecule has 0 aromatic heterocycles. The fraction of sp³-hybridized carbons (Fsp3) is 0.500. The summed E-state index contributed by atoms with van der Waals surface area (Å²) < 4.78 is 6.48. The third-order valence-electron chi connectivity index (χ3n) is 4.92. The topological polar surface area (TPSA) is 26.3 Å². The number of allylic oxidation sites excluding steroid dienone is 6. The summed E-state index contributed by atoms with van der Waals surface area (Å²) in [5, 5.41) is 0.135. The molecule has 0 saturated carbocycles. The van der Waals surface area contributed by atoms with Crippen LogP contribution in [0.1, 0.15) is 20.8 Å². The first-order chi connectivity index (χ1) is 9.63. The zero-order chi connectivity index (χ0) is 15.8. The second kappa shape index (κ2) is 5.54. The summed E-state index contributed by atoms with van der Waals surface area (Å²) in [6.45, 7) is 15.2. The quantitative estimate of drug-likeness (QED) is 0.721. The first-order valence-corrected chi connectivity index (χ1v) is 10.5. The van der Waals surface area contributed by atoms with Gasteiger partial charge < -0.3 is 4.43 Å². The molecule has 0 aromatic rings. The first-order valence-electron chi connectivity index (χ1n) is 7.57. The monoisotopic (exact) mass is 302 g/mol. The van der Waals surface area contributed by atoms with Crippen LogP contribution in [-0.2, 0) is 9.22 Å². The van der Waals surface area contributed by atoms with Crippen LogP contribution < -0.4 is 0 Å². The van der Waals surface area contributed by atoms with Gasteiger partial charge in [0, 0.05) is 5.92 Å². The zero-order valence-electron chi connectivity index (χ0n) is 13.7. The summed E-state index contributed by atoms with van der Waals surface area (Å²) in [5.74, 6) is 0.0462. The predicted molar refractivity (Wildman–Crippen MR) is 90.6 cm³/mol. The van der Waals surface area contributed by atoms with Crippen LogP contribution in [0, 0.1) is 11.8 Å². The van der Waals surface area contributed by atoms with Crippen molar-refractivity contribution in [3.63, 3.8) is 0 Å². The molecule has 3 atom stereocenters. The van der Waals surface area contributed by atoms with Crippen molar-refractivity contribution in [3.05, 3.63) is 48.6 Å². The number of hydrogen-bond acceptors (Lipinski definition) is 2. The Bertz CT molecular complexity index is 532. The SMILES string of the molecule is C=C1C=CC=CC1C1C(=O)C=CC1O[Si](C)(C)C(C)(C)C. The van der Waals surface area contributed by atoms with Gasteiger partial charge in [-0.3, -0.25) is 4.79 Å². The van der Waals surface area contributed by atoms with Gasteiger partial charge in [0.05, 0.1) is 12.0 Å². The zero-order valence-corrected chi connectivity index (χ0v) is 14.7. The predicted octanol–water partition coefficient (Wildman–Crippen LogP) is 4.43. The highest BCUT2D eigenvalue weighted by atomic mass is 28.4. The van der Waals surface area contributed by atoms with E-state index in [1.807, 2.05) is 24.3 Å². The molecule has 0 radical (unpaired) electrons. The number of carbonyl (C=O) groups is 1. The van der Waals surface area contributed by atoms with Gasteiger partial charge in [0.1, 0.15) is 0 Å². The molecule has 0 N–H and O–H groups in total. The molecule has 0 amide bonds. The molecule has 2 nitrogen and oxygen atoms in total. The van der Waals surface area contributed by atoms with Crippen molar-refractivity contribution < 1.29 is 9.22 Å². The van der Waals surface area contributed by atoms with Crippen molar-refractivity contribution in [2.45, 2.75) is 45.0 Å². The fourth-order valence-electron chi connectivity index (χ4n) is 2.54. The minimum Gasteiger partial charge on any atom is -0.410 e. The summed E-state index contributed by atoms with van der Waals surface area (Å²) in [6.07, 6.45) is 11.5. The molecule has 114 valence electrons. The molecule has 0 heterocycles. The van der Waals surface area contributed by atoms with Crippen LogP contribution in [0.15, 0.2) is 48.6 Å². The summed E-state index contributed by atoms with van der Waals surface area (Å²) in [5.41, 5.74) is 0.989. The number of ketones is 1. The lowest BCUT2D eigenvalue weighted by molar-refractivity contribution is -0.120. The lowest BCUT2D eigenvalue weighted by atomic mass is 9.81. The molecule has 2 aliphatic carbocycles. The minimum absolute atomic E-state index is 0.0484. The Labute approximate surface area is 129 Å². The van der Waals surface area contributed by atoms with Gasteiger partial charge in [-0.05, 0) is 29.8 Å². The van der Waals surface area contributed by atoms with Crippen LogP contribution >= 0.6 is 0 Å². The second-order valence-corrected chi connectivity index (χ2v) is 12.2. The number of hydrogen-bond donors (Lipinski definition) is 0. The van der Waals surface area contributed by atoms with Crippen LogP contribution in [-0.4, -0.2) is 20.2 Å². The van der Waals surface area contributed by atoms with Gasteiger partial charge >= 0.3 is 0 Å². The maximum Gasteiger partial charge on any atom is 0.192 e.